The third kappa shape index (κ3) is 3.22. The van der Waals surface area contributed by atoms with Crippen LogP contribution >= 0.6 is 0 Å². The number of Topliss-reactive ketones (excluding diaryl/α,β-unsaturated/α-hetero) is 1. The maximum absolute atomic E-state index is 13.2. The second-order valence-electron chi connectivity index (χ2n) is 12.3. The van der Waals surface area contributed by atoms with E-state index in [0.717, 1.165) is 38.5 Å². The van der Waals surface area contributed by atoms with Crippen LogP contribution in [0.3, 0.4) is 0 Å². The molecule has 188 valence electrons. The Balaban J connectivity index is 1.15. The van der Waals surface area contributed by atoms with E-state index >= 15 is 0 Å². The van der Waals surface area contributed by atoms with Crippen LogP contribution < -0.4 is 22.1 Å². The highest BCUT2D eigenvalue weighted by molar-refractivity contribution is 6.05. The van der Waals surface area contributed by atoms with Crippen LogP contribution in [0.1, 0.15) is 58.8 Å². The van der Waals surface area contributed by atoms with Crippen molar-refractivity contribution in [2.24, 2.45) is 46.0 Å². The number of allylic oxidation sites excluding steroid dienone is 2. The Bertz CT molecular complexity index is 1090. The Morgan fingerprint density at radius 1 is 1.11 bits per heavy atom. The predicted octanol–water partition coefficient (Wildman–Crippen LogP) is 1.64. The van der Waals surface area contributed by atoms with Crippen molar-refractivity contribution in [1.29, 1.82) is 0 Å². The predicted molar refractivity (Wildman–Crippen MR) is 131 cm³/mol. The Morgan fingerprint density at radius 3 is 2.71 bits per heavy atom. The maximum Gasteiger partial charge on any atom is 0.243 e. The summed E-state index contributed by atoms with van der Waals surface area (Å²) in [4.78, 5) is 39.1. The van der Waals surface area contributed by atoms with Gasteiger partial charge in [-0.1, -0.05) is 19.9 Å². The molecule has 3 aliphatic heterocycles. The van der Waals surface area contributed by atoms with Gasteiger partial charge < -0.3 is 15.5 Å². The van der Waals surface area contributed by atoms with E-state index in [-0.39, 0.29) is 34.5 Å². The first-order chi connectivity index (χ1) is 16.5. The van der Waals surface area contributed by atoms with E-state index < -0.39 is 5.79 Å². The molecule has 3 aliphatic carbocycles. The standard InChI is InChI=1S/C27H37N5O3/c1-25-11-9-19-17(5-7-20-26(19,2)12-10-22(33)30-20)18(25)6-4-16(25)13-23(34)31-21-8-3-15-14-32(21)27(28,29)24(15)35/h3,8,10,12,16-20H,4-7,9,11,13-14,28-29H2,1-2H3,(H,30,33)(H,31,34)/t16-,17+,18+,19+,20-,25-,26-/m1/s1. The minimum Gasteiger partial charge on any atom is -0.349 e. The van der Waals surface area contributed by atoms with E-state index in [4.69, 9.17) is 11.5 Å². The van der Waals surface area contributed by atoms with Crippen LogP contribution in [0.5, 0.6) is 0 Å². The molecule has 8 nitrogen and oxygen atoms in total. The lowest BCUT2D eigenvalue weighted by molar-refractivity contribution is -0.126. The van der Waals surface area contributed by atoms with Gasteiger partial charge in [-0.05, 0) is 85.8 Å². The number of nitrogens with one attached hydrogen (secondary N) is 2. The molecule has 1 saturated heterocycles. The van der Waals surface area contributed by atoms with Crippen molar-refractivity contribution in [2.45, 2.75) is 70.6 Å². The molecule has 0 spiro atoms. The second-order valence-corrected chi connectivity index (χ2v) is 12.3. The zero-order valence-electron chi connectivity index (χ0n) is 20.7. The first-order valence-electron chi connectivity index (χ1n) is 13.1. The van der Waals surface area contributed by atoms with Crippen molar-refractivity contribution >= 4 is 17.6 Å². The highest BCUT2D eigenvalue weighted by Gasteiger charge is 2.59. The summed E-state index contributed by atoms with van der Waals surface area (Å²) in [6.45, 7) is 5.08. The van der Waals surface area contributed by atoms with Crippen molar-refractivity contribution in [3.05, 3.63) is 35.7 Å². The van der Waals surface area contributed by atoms with Crippen molar-refractivity contribution < 1.29 is 14.4 Å². The number of carbonyl (C=O) groups excluding carboxylic acids is 3. The first kappa shape index (κ1) is 23.0. The number of hydrogen-bond acceptors (Lipinski definition) is 6. The lowest BCUT2D eigenvalue weighted by Gasteiger charge is -2.59. The molecule has 0 aromatic rings. The quantitative estimate of drug-likeness (QED) is 0.455. The van der Waals surface area contributed by atoms with Gasteiger partial charge >= 0.3 is 0 Å². The summed E-state index contributed by atoms with van der Waals surface area (Å²) in [6.07, 6.45) is 14.5. The molecule has 6 N–H and O–H groups in total. The van der Waals surface area contributed by atoms with Crippen LogP contribution in [0.4, 0.5) is 0 Å². The van der Waals surface area contributed by atoms with E-state index in [9.17, 15) is 14.4 Å². The van der Waals surface area contributed by atoms with Crippen LogP contribution in [0.15, 0.2) is 35.7 Å². The van der Waals surface area contributed by atoms with Crippen LogP contribution in [-0.4, -0.2) is 40.9 Å². The highest BCUT2D eigenvalue weighted by atomic mass is 16.2. The monoisotopic (exact) mass is 479 g/mol. The largest absolute Gasteiger partial charge is 0.349 e. The zero-order chi connectivity index (χ0) is 24.8. The molecule has 4 fully saturated rings. The molecular formula is C27H37N5O3. The van der Waals surface area contributed by atoms with E-state index in [0.29, 0.717) is 48.0 Å². The Morgan fingerprint density at radius 2 is 1.91 bits per heavy atom. The van der Waals surface area contributed by atoms with Gasteiger partial charge in [0.1, 0.15) is 5.82 Å². The van der Waals surface area contributed by atoms with Gasteiger partial charge in [0.05, 0.1) is 6.54 Å². The Kier molecular flexibility index (Phi) is 4.94. The topological polar surface area (TPSA) is 131 Å². The third-order valence-electron chi connectivity index (χ3n) is 10.7. The minimum absolute atomic E-state index is 0.0254. The molecule has 8 heteroatoms. The van der Waals surface area contributed by atoms with E-state index in [1.165, 1.54) is 0 Å². The Hall–Kier alpha value is -2.45. The van der Waals surface area contributed by atoms with Gasteiger partial charge in [0, 0.05) is 23.5 Å². The van der Waals surface area contributed by atoms with Crippen molar-refractivity contribution in [1.82, 2.24) is 15.5 Å². The number of ketones is 1. The summed E-state index contributed by atoms with van der Waals surface area (Å²) >= 11 is 0. The van der Waals surface area contributed by atoms with Crippen LogP contribution in [-0.2, 0) is 14.4 Å². The lowest BCUT2D eigenvalue weighted by atomic mass is 9.48. The summed E-state index contributed by atoms with van der Waals surface area (Å²) in [7, 11) is 0. The summed E-state index contributed by atoms with van der Waals surface area (Å²) in [6, 6.07) is 0.238. The number of carbonyl (C=O) groups is 3. The zero-order valence-corrected chi connectivity index (χ0v) is 20.7. The average molecular weight is 480 g/mol. The van der Waals surface area contributed by atoms with Crippen molar-refractivity contribution in [3.8, 4) is 0 Å². The van der Waals surface area contributed by atoms with E-state index in [1.54, 1.807) is 23.1 Å². The van der Waals surface area contributed by atoms with Gasteiger partial charge in [-0.3, -0.25) is 25.9 Å². The van der Waals surface area contributed by atoms with Gasteiger partial charge in [0.2, 0.25) is 23.4 Å². The molecular weight excluding hydrogens is 442 g/mol. The summed E-state index contributed by atoms with van der Waals surface area (Å²) in [5.41, 5.74) is 12.9. The van der Waals surface area contributed by atoms with Crippen molar-refractivity contribution in [2.75, 3.05) is 6.54 Å². The lowest BCUT2D eigenvalue weighted by Crippen LogP contribution is -2.64. The van der Waals surface area contributed by atoms with Gasteiger partial charge in [-0.25, -0.2) is 0 Å². The molecule has 0 radical (unpaired) electrons. The fraction of sp³-hybridized carbons (Fsp3) is 0.667. The molecule has 7 atom stereocenters. The van der Waals surface area contributed by atoms with E-state index in [1.807, 2.05) is 0 Å². The fourth-order valence-corrected chi connectivity index (χ4v) is 8.74. The molecule has 35 heavy (non-hydrogen) atoms. The molecule has 3 heterocycles. The van der Waals surface area contributed by atoms with Crippen LogP contribution in [0.25, 0.3) is 0 Å². The highest BCUT2D eigenvalue weighted by Crippen LogP contribution is 2.65. The third-order valence-corrected chi connectivity index (χ3v) is 10.7. The fourth-order valence-electron chi connectivity index (χ4n) is 8.74. The van der Waals surface area contributed by atoms with Crippen molar-refractivity contribution in [3.63, 3.8) is 0 Å². The first-order valence-corrected chi connectivity index (χ1v) is 13.1. The molecule has 6 aliphatic rings. The van der Waals surface area contributed by atoms with E-state index in [2.05, 4.69) is 30.6 Å². The maximum atomic E-state index is 13.2. The summed E-state index contributed by atoms with van der Waals surface area (Å²) in [5, 5.41) is 6.23. The normalized spacial score (nSPS) is 43.0. The summed E-state index contributed by atoms with van der Waals surface area (Å²) in [5.74, 6) is 0.767. The summed E-state index contributed by atoms with van der Waals surface area (Å²) < 4.78 is 0. The SMILES string of the molecule is C[C@]12C=CC(=O)N[C@@H]1CC[C@@H]1[C@@H]2CC[C@]2(C)[C@@H](CC(=O)NC3=CC=C4CN3C(N)(N)C4=O)CC[C@@H]12. The number of fused-ring (bicyclic) bond motifs is 7. The smallest absolute Gasteiger partial charge is 0.243 e. The van der Waals surface area contributed by atoms with Gasteiger partial charge in [0.15, 0.2) is 0 Å². The minimum atomic E-state index is -1.60. The number of hydrogen-bond donors (Lipinski definition) is 4. The second kappa shape index (κ2) is 7.53. The molecule has 2 bridgehead atoms. The molecule has 6 rings (SSSR count). The molecule has 0 aromatic carbocycles. The molecule has 3 saturated carbocycles. The van der Waals surface area contributed by atoms with Crippen LogP contribution in [0.2, 0.25) is 0 Å². The van der Waals surface area contributed by atoms with Gasteiger partial charge in [-0.15, -0.1) is 0 Å². The molecule has 0 unspecified atom stereocenters. The molecule has 2 amide bonds. The number of rotatable bonds is 3. The van der Waals surface area contributed by atoms with Gasteiger partial charge in [-0.2, -0.15) is 0 Å². The van der Waals surface area contributed by atoms with Crippen LogP contribution in [0, 0.1) is 34.5 Å². The number of amides is 2. The number of nitrogens with zero attached hydrogens (tertiary/aromatic N) is 1. The Labute approximate surface area is 206 Å². The average Bonchev–Trinajstić information content (AvgIpc) is 3.23. The number of nitrogens with two attached hydrogens (primary N) is 2. The van der Waals surface area contributed by atoms with Gasteiger partial charge in [0.25, 0.3) is 0 Å². The molecule has 0 aromatic heterocycles.